The first-order valence-electron chi connectivity index (χ1n) is 8.44. The van der Waals surface area contributed by atoms with Gasteiger partial charge in [-0.1, -0.05) is 18.6 Å². The molecule has 0 unspecified atom stereocenters. The minimum atomic E-state index is 0.390. The Labute approximate surface area is 132 Å². The average molecular weight is 303 g/mol. The highest BCUT2D eigenvalue weighted by Crippen LogP contribution is 2.63. The van der Waals surface area contributed by atoms with Crippen molar-refractivity contribution in [3.05, 3.63) is 24.3 Å². The second-order valence-corrected chi connectivity index (χ2v) is 6.79. The molecule has 120 valence electrons. The lowest BCUT2D eigenvalue weighted by Crippen LogP contribution is -2.68. The number of anilines is 1. The van der Waals surface area contributed by atoms with Crippen LogP contribution in [0.1, 0.15) is 25.7 Å². The zero-order valence-electron chi connectivity index (χ0n) is 13.2. The number of nitrogens with one attached hydrogen (secondary N) is 1. The van der Waals surface area contributed by atoms with E-state index in [2.05, 4.69) is 17.4 Å². The van der Waals surface area contributed by atoms with E-state index in [0.29, 0.717) is 36.7 Å². The molecule has 4 heteroatoms. The van der Waals surface area contributed by atoms with Crippen molar-refractivity contribution in [2.24, 2.45) is 11.3 Å². The standard InChI is InChI=1S/C18H25NO3/c1-20-11-12-21-15-6-3-2-5-14(15)19-16-13-7-10-22-17(13)18(16)8-4-9-18/h2-3,5-6,13,16-17,19H,4,7-12H2,1H3/t13-,16+,17-/m0/s1. The number of para-hydroxylation sites is 2. The molecular formula is C18H25NO3. The van der Waals surface area contributed by atoms with Crippen molar-refractivity contribution in [2.45, 2.75) is 37.8 Å². The molecule has 1 aliphatic heterocycles. The third-order valence-corrected chi connectivity index (χ3v) is 5.78. The van der Waals surface area contributed by atoms with E-state index in [1.807, 2.05) is 12.1 Å². The number of hydrogen-bond acceptors (Lipinski definition) is 4. The maximum Gasteiger partial charge on any atom is 0.142 e. The molecule has 1 aromatic carbocycles. The van der Waals surface area contributed by atoms with Gasteiger partial charge in [0.1, 0.15) is 12.4 Å². The summed E-state index contributed by atoms with van der Waals surface area (Å²) in [4.78, 5) is 0. The third-order valence-electron chi connectivity index (χ3n) is 5.78. The van der Waals surface area contributed by atoms with Gasteiger partial charge in [-0.05, 0) is 31.4 Å². The first-order chi connectivity index (χ1) is 10.8. The Kier molecular flexibility index (Phi) is 3.74. The van der Waals surface area contributed by atoms with Gasteiger partial charge in [0.15, 0.2) is 0 Å². The van der Waals surface area contributed by atoms with Gasteiger partial charge in [0, 0.05) is 31.1 Å². The highest BCUT2D eigenvalue weighted by molar-refractivity contribution is 5.58. The minimum absolute atomic E-state index is 0.390. The summed E-state index contributed by atoms with van der Waals surface area (Å²) in [7, 11) is 1.70. The van der Waals surface area contributed by atoms with Gasteiger partial charge in [0.25, 0.3) is 0 Å². The fourth-order valence-corrected chi connectivity index (χ4v) is 4.57. The molecule has 1 saturated heterocycles. The van der Waals surface area contributed by atoms with E-state index < -0.39 is 0 Å². The molecule has 0 aromatic heterocycles. The van der Waals surface area contributed by atoms with Crippen LogP contribution in [-0.4, -0.2) is 39.1 Å². The van der Waals surface area contributed by atoms with Crippen LogP contribution in [0.2, 0.25) is 0 Å². The number of rotatable bonds is 6. The molecule has 1 spiro atoms. The Hall–Kier alpha value is -1.26. The zero-order valence-corrected chi connectivity index (χ0v) is 13.2. The number of benzene rings is 1. The van der Waals surface area contributed by atoms with Gasteiger partial charge < -0.3 is 19.5 Å². The number of methoxy groups -OCH3 is 1. The smallest absolute Gasteiger partial charge is 0.142 e. The summed E-state index contributed by atoms with van der Waals surface area (Å²) in [5, 5.41) is 3.79. The van der Waals surface area contributed by atoms with E-state index in [1.165, 1.54) is 25.7 Å². The summed E-state index contributed by atoms with van der Waals surface area (Å²) in [6.07, 6.45) is 5.64. The minimum Gasteiger partial charge on any atom is -0.489 e. The lowest BCUT2D eigenvalue weighted by molar-refractivity contribution is -0.158. The van der Waals surface area contributed by atoms with Crippen LogP contribution >= 0.6 is 0 Å². The van der Waals surface area contributed by atoms with E-state index in [1.54, 1.807) is 7.11 Å². The lowest BCUT2D eigenvalue weighted by atomic mass is 9.46. The Balaban J connectivity index is 1.49. The van der Waals surface area contributed by atoms with E-state index in [-0.39, 0.29) is 0 Å². The van der Waals surface area contributed by atoms with Crippen molar-refractivity contribution in [1.29, 1.82) is 0 Å². The van der Waals surface area contributed by atoms with Crippen LogP contribution < -0.4 is 10.1 Å². The monoisotopic (exact) mass is 303 g/mol. The molecule has 4 nitrogen and oxygen atoms in total. The summed E-state index contributed by atoms with van der Waals surface area (Å²) in [6.45, 7) is 2.13. The highest BCUT2D eigenvalue weighted by Gasteiger charge is 2.66. The largest absolute Gasteiger partial charge is 0.489 e. The van der Waals surface area contributed by atoms with Gasteiger partial charge in [-0.3, -0.25) is 0 Å². The van der Waals surface area contributed by atoms with Crippen molar-refractivity contribution in [3.63, 3.8) is 0 Å². The van der Waals surface area contributed by atoms with Gasteiger partial charge in [-0.2, -0.15) is 0 Å². The lowest BCUT2D eigenvalue weighted by Gasteiger charge is -2.63. The fraction of sp³-hybridized carbons (Fsp3) is 0.667. The van der Waals surface area contributed by atoms with Gasteiger partial charge in [-0.25, -0.2) is 0 Å². The predicted octanol–water partition coefficient (Wildman–Crippen LogP) is 3.08. The molecule has 3 fully saturated rings. The SMILES string of the molecule is COCCOc1ccccc1N[C@@H]1[C@@H]2CCO[C@@H]2C12CCC2. The zero-order chi connectivity index (χ0) is 15.0. The Bertz CT molecular complexity index is 529. The predicted molar refractivity (Wildman–Crippen MR) is 85.4 cm³/mol. The molecule has 2 aliphatic carbocycles. The fourth-order valence-electron chi connectivity index (χ4n) is 4.57. The normalized spacial score (nSPS) is 31.2. The Morgan fingerprint density at radius 1 is 1.27 bits per heavy atom. The summed E-state index contributed by atoms with van der Waals surface area (Å²) in [5.41, 5.74) is 1.50. The average Bonchev–Trinajstić information content (AvgIpc) is 2.90. The van der Waals surface area contributed by atoms with Crippen LogP contribution in [0.4, 0.5) is 5.69 Å². The van der Waals surface area contributed by atoms with Gasteiger partial charge in [-0.15, -0.1) is 0 Å². The molecule has 3 atom stereocenters. The van der Waals surface area contributed by atoms with Crippen molar-refractivity contribution in [2.75, 3.05) is 32.2 Å². The molecule has 1 N–H and O–H groups in total. The van der Waals surface area contributed by atoms with Gasteiger partial charge in [0.2, 0.25) is 0 Å². The second kappa shape index (κ2) is 5.74. The molecule has 0 amide bonds. The van der Waals surface area contributed by atoms with Crippen molar-refractivity contribution < 1.29 is 14.2 Å². The maximum atomic E-state index is 6.00. The molecule has 1 heterocycles. The second-order valence-electron chi connectivity index (χ2n) is 6.79. The first-order valence-corrected chi connectivity index (χ1v) is 8.44. The molecule has 3 aliphatic rings. The quantitative estimate of drug-likeness (QED) is 0.820. The van der Waals surface area contributed by atoms with Crippen molar-refractivity contribution >= 4 is 5.69 Å². The van der Waals surface area contributed by atoms with E-state index in [0.717, 1.165) is 18.0 Å². The third kappa shape index (κ3) is 2.12. The summed E-state index contributed by atoms with van der Waals surface area (Å²) in [5.74, 6) is 1.60. The Morgan fingerprint density at radius 2 is 2.14 bits per heavy atom. The first kappa shape index (κ1) is 14.3. The van der Waals surface area contributed by atoms with Crippen LogP contribution in [0.5, 0.6) is 5.75 Å². The highest BCUT2D eigenvalue weighted by atomic mass is 16.5. The number of fused-ring (bicyclic) bond motifs is 2. The van der Waals surface area contributed by atoms with Crippen LogP contribution in [-0.2, 0) is 9.47 Å². The molecule has 2 saturated carbocycles. The van der Waals surface area contributed by atoms with Gasteiger partial charge in [0.05, 0.1) is 18.4 Å². The van der Waals surface area contributed by atoms with E-state index in [4.69, 9.17) is 14.2 Å². The molecule has 1 aromatic rings. The molecule has 4 rings (SSSR count). The molecule has 0 radical (unpaired) electrons. The van der Waals surface area contributed by atoms with E-state index >= 15 is 0 Å². The molecular weight excluding hydrogens is 278 g/mol. The molecule has 0 bridgehead atoms. The van der Waals surface area contributed by atoms with Crippen molar-refractivity contribution in [1.82, 2.24) is 0 Å². The summed E-state index contributed by atoms with van der Waals surface area (Å²) >= 11 is 0. The maximum absolute atomic E-state index is 6.00. The van der Waals surface area contributed by atoms with Crippen LogP contribution in [0.25, 0.3) is 0 Å². The topological polar surface area (TPSA) is 39.7 Å². The van der Waals surface area contributed by atoms with Crippen LogP contribution in [0.3, 0.4) is 0 Å². The summed E-state index contributed by atoms with van der Waals surface area (Å²) in [6, 6.07) is 8.79. The van der Waals surface area contributed by atoms with Crippen molar-refractivity contribution in [3.8, 4) is 5.75 Å². The van der Waals surface area contributed by atoms with E-state index in [9.17, 15) is 0 Å². The van der Waals surface area contributed by atoms with Crippen LogP contribution in [0, 0.1) is 11.3 Å². The Morgan fingerprint density at radius 3 is 2.91 bits per heavy atom. The summed E-state index contributed by atoms with van der Waals surface area (Å²) < 4.78 is 16.9. The van der Waals surface area contributed by atoms with Gasteiger partial charge >= 0.3 is 0 Å². The number of hydrogen-bond donors (Lipinski definition) is 1. The molecule has 22 heavy (non-hydrogen) atoms. The van der Waals surface area contributed by atoms with Crippen LogP contribution in [0.15, 0.2) is 24.3 Å². The number of ether oxygens (including phenoxy) is 3.